The predicted octanol–water partition coefficient (Wildman–Crippen LogP) is 5.56. The molecule has 4 rings (SSSR count). The van der Waals surface area contributed by atoms with Gasteiger partial charge in [0.2, 0.25) is 0 Å². The predicted molar refractivity (Wildman–Crippen MR) is 188 cm³/mol. The van der Waals surface area contributed by atoms with Crippen molar-refractivity contribution in [3.8, 4) is 11.5 Å². The van der Waals surface area contributed by atoms with Crippen LogP contribution in [0.1, 0.15) is 0 Å². The monoisotopic (exact) mass is 718 g/mol. The molecule has 0 saturated carbocycles. The zero-order valence-corrected chi connectivity index (χ0v) is 28.8. The summed E-state index contributed by atoms with van der Waals surface area (Å²) in [6.07, 6.45) is 1.89. The molecule has 0 radical (unpaired) electrons. The number of carbonyl (C=O) groups excluding carboxylic acids is 3. The van der Waals surface area contributed by atoms with Gasteiger partial charge in [-0.15, -0.1) is 10.2 Å². The summed E-state index contributed by atoms with van der Waals surface area (Å²) in [6, 6.07) is 16.2. The molecule has 1 heterocycles. The van der Waals surface area contributed by atoms with Crippen molar-refractivity contribution in [1.29, 1.82) is 0 Å². The lowest BCUT2D eigenvalue weighted by Gasteiger charge is -2.19. The van der Waals surface area contributed by atoms with Crippen LogP contribution in [0.4, 0.5) is 38.9 Å². The highest BCUT2D eigenvalue weighted by Crippen LogP contribution is 2.41. The lowest BCUT2D eigenvalue weighted by molar-refractivity contribution is -0.384. The van der Waals surface area contributed by atoms with Gasteiger partial charge in [-0.1, -0.05) is 0 Å². The van der Waals surface area contributed by atoms with Crippen LogP contribution in [0.25, 0.3) is 0 Å². The third-order valence-electron chi connectivity index (χ3n) is 7.29. The molecule has 0 spiro atoms. The molecule has 1 N–H and O–H groups in total. The normalized spacial score (nSPS) is 12.6. The summed E-state index contributed by atoms with van der Waals surface area (Å²) < 4.78 is 26.9. The van der Waals surface area contributed by atoms with Crippen molar-refractivity contribution in [2.24, 2.45) is 20.5 Å². The fourth-order valence-electron chi connectivity index (χ4n) is 4.47. The van der Waals surface area contributed by atoms with E-state index in [0.717, 1.165) is 10.6 Å². The maximum absolute atomic E-state index is 12.0. The topological polar surface area (TPSA) is 208 Å². The number of likely N-dealkylation sites (N-methyl/N-ethyl adjacent to an activating group) is 1. The molecule has 1 aliphatic rings. The fraction of sp³-hybridized carbons (Fsp3) is 0.324. The van der Waals surface area contributed by atoms with Gasteiger partial charge in [0, 0.05) is 55.7 Å². The Kier molecular flexibility index (Phi) is 14.7. The summed E-state index contributed by atoms with van der Waals surface area (Å²) in [4.78, 5) is 48.3. The number of azo groups is 2. The number of hydrogen-bond acceptors (Lipinski definition) is 15. The Morgan fingerprint density at radius 2 is 1.33 bits per heavy atom. The number of rotatable bonds is 20. The quantitative estimate of drug-likeness (QED) is 0.0502. The maximum atomic E-state index is 12.0. The molecule has 3 amide bonds. The number of nitrogens with one attached hydrogen (secondary N) is 1. The zero-order chi connectivity index (χ0) is 37.3. The SMILES string of the molecule is COc1cc(N=Nc2ccc([N+](=O)[O-])cc2)c(OC)cc1N=Nc1ccc(N(C)CCOC(=O)NCCOCCOCCN2C(=O)C=CC2=O)cc1. The largest absolute Gasteiger partial charge is 0.494 e. The van der Waals surface area contributed by atoms with Gasteiger partial charge in [-0.3, -0.25) is 24.6 Å². The molecule has 1 aliphatic heterocycles. The van der Waals surface area contributed by atoms with E-state index in [-0.39, 0.29) is 57.0 Å². The molecule has 0 aliphatic carbocycles. The number of anilines is 1. The van der Waals surface area contributed by atoms with E-state index in [0.29, 0.717) is 47.4 Å². The second kappa shape index (κ2) is 19.8. The summed E-state index contributed by atoms with van der Waals surface area (Å²) in [5, 5.41) is 30.5. The van der Waals surface area contributed by atoms with Crippen LogP contribution in [0.2, 0.25) is 0 Å². The van der Waals surface area contributed by atoms with Crippen LogP contribution < -0.4 is 19.7 Å². The first-order valence-corrected chi connectivity index (χ1v) is 15.9. The van der Waals surface area contributed by atoms with E-state index >= 15 is 0 Å². The Morgan fingerprint density at radius 3 is 1.87 bits per heavy atom. The summed E-state index contributed by atoms with van der Waals surface area (Å²) in [7, 11) is 4.83. The van der Waals surface area contributed by atoms with Crippen molar-refractivity contribution in [2.75, 3.05) is 78.8 Å². The van der Waals surface area contributed by atoms with Crippen LogP contribution in [-0.2, 0) is 23.8 Å². The van der Waals surface area contributed by atoms with Crippen molar-refractivity contribution >= 4 is 52.0 Å². The number of benzene rings is 3. The minimum Gasteiger partial charge on any atom is -0.494 e. The van der Waals surface area contributed by atoms with Gasteiger partial charge in [0.05, 0.1) is 70.0 Å². The van der Waals surface area contributed by atoms with Gasteiger partial charge in [-0.2, -0.15) is 10.2 Å². The molecule has 0 unspecified atom stereocenters. The van der Waals surface area contributed by atoms with Crippen LogP contribution in [0.5, 0.6) is 11.5 Å². The van der Waals surface area contributed by atoms with Crippen molar-refractivity contribution in [2.45, 2.75) is 0 Å². The number of non-ortho nitro benzene ring substituents is 1. The van der Waals surface area contributed by atoms with Crippen molar-refractivity contribution in [1.82, 2.24) is 10.2 Å². The summed E-state index contributed by atoms with van der Waals surface area (Å²) in [6.45, 7) is 2.09. The summed E-state index contributed by atoms with van der Waals surface area (Å²) >= 11 is 0. The third kappa shape index (κ3) is 11.7. The number of imide groups is 1. The molecular formula is C34H38N8O10. The second-order valence-corrected chi connectivity index (χ2v) is 10.8. The first-order chi connectivity index (χ1) is 25.2. The van der Waals surface area contributed by atoms with Gasteiger partial charge >= 0.3 is 6.09 Å². The Hall–Kier alpha value is -6.27. The van der Waals surface area contributed by atoms with Gasteiger partial charge in [-0.25, -0.2) is 4.79 Å². The van der Waals surface area contributed by atoms with Gasteiger partial charge in [0.1, 0.15) is 29.5 Å². The smallest absolute Gasteiger partial charge is 0.407 e. The molecule has 0 bridgehead atoms. The lowest BCUT2D eigenvalue weighted by Crippen LogP contribution is -2.33. The molecule has 0 aromatic heterocycles. The number of carbonyl (C=O) groups is 3. The first-order valence-electron chi connectivity index (χ1n) is 15.9. The number of amides is 3. The number of nitro groups is 1. The van der Waals surface area contributed by atoms with E-state index in [2.05, 4.69) is 25.8 Å². The van der Waals surface area contributed by atoms with Gasteiger partial charge < -0.3 is 33.9 Å². The Bertz CT molecular complexity index is 1760. The van der Waals surface area contributed by atoms with Gasteiger partial charge in [0.25, 0.3) is 17.5 Å². The molecule has 0 atom stereocenters. The Labute approximate surface area is 298 Å². The number of hydrogen-bond donors (Lipinski definition) is 1. The molecule has 18 heteroatoms. The summed E-state index contributed by atoms with van der Waals surface area (Å²) in [5.74, 6) is 0.0503. The van der Waals surface area contributed by atoms with E-state index in [1.165, 1.54) is 50.6 Å². The van der Waals surface area contributed by atoms with E-state index in [4.69, 9.17) is 23.7 Å². The highest BCUT2D eigenvalue weighted by Gasteiger charge is 2.22. The van der Waals surface area contributed by atoms with Crippen molar-refractivity contribution < 1.29 is 43.0 Å². The van der Waals surface area contributed by atoms with E-state index in [1.54, 1.807) is 24.3 Å². The molecule has 0 saturated heterocycles. The highest BCUT2D eigenvalue weighted by molar-refractivity contribution is 6.12. The third-order valence-corrected chi connectivity index (χ3v) is 7.29. The first kappa shape index (κ1) is 38.5. The van der Waals surface area contributed by atoms with E-state index in [1.807, 2.05) is 24.1 Å². The number of alkyl carbamates (subject to hydrolysis) is 1. The lowest BCUT2D eigenvalue weighted by atomic mass is 10.2. The molecule has 3 aromatic rings. The summed E-state index contributed by atoms with van der Waals surface area (Å²) in [5.41, 5.74) is 2.58. The number of methoxy groups -OCH3 is 2. The highest BCUT2D eigenvalue weighted by atomic mass is 16.6. The maximum Gasteiger partial charge on any atom is 0.407 e. The molecule has 52 heavy (non-hydrogen) atoms. The minimum absolute atomic E-state index is 0.0491. The van der Waals surface area contributed by atoms with Crippen LogP contribution in [0.3, 0.4) is 0 Å². The molecular weight excluding hydrogens is 680 g/mol. The average molecular weight is 719 g/mol. The molecule has 18 nitrogen and oxygen atoms in total. The minimum atomic E-state index is -0.565. The van der Waals surface area contributed by atoms with Crippen LogP contribution in [0.15, 0.2) is 93.3 Å². The molecule has 274 valence electrons. The van der Waals surface area contributed by atoms with E-state index < -0.39 is 11.0 Å². The standard InChI is InChI=1S/C34H38N8O10/c1-40(15-19-52-34(45)35-14-17-50-20-21-51-18-16-41-32(43)12-13-33(41)44)26-8-4-24(5-9-26)36-38-28-22-31(49-3)29(23-30(28)48-2)39-37-25-6-10-27(11-7-25)42(46)47/h4-13,22-23H,14-21H2,1-3H3,(H,35,45). The average Bonchev–Trinajstić information content (AvgIpc) is 3.48. The van der Waals surface area contributed by atoms with Crippen molar-refractivity contribution in [3.05, 3.63) is 82.9 Å². The van der Waals surface area contributed by atoms with Crippen LogP contribution in [-0.4, -0.2) is 102 Å². The van der Waals surface area contributed by atoms with Crippen molar-refractivity contribution in [3.63, 3.8) is 0 Å². The van der Waals surface area contributed by atoms with Crippen LogP contribution >= 0.6 is 0 Å². The van der Waals surface area contributed by atoms with Gasteiger partial charge in [-0.05, 0) is 36.4 Å². The number of ether oxygens (including phenoxy) is 5. The van der Waals surface area contributed by atoms with Gasteiger partial charge in [0.15, 0.2) is 0 Å². The van der Waals surface area contributed by atoms with Crippen LogP contribution in [0, 0.1) is 10.1 Å². The number of nitro benzene ring substituents is 1. The number of nitrogens with zero attached hydrogens (tertiary/aromatic N) is 7. The van der Waals surface area contributed by atoms with E-state index in [9.17, 15) is 24.5 Å². The molecule has 0 fully saturated rings. The fourth-order valence-corrected chi connectivity index (χ4v) is 4.47. The Morgan fingerprint density at radius 1 is 0.788 bits per heavy atom. The second-order valence-electron chi connectivity index (χ2n) is 10.8. The zero-order valence-electron chi connectivity index (χ0n) is 28.8. The Balaban J connectivity index is 1.15. The molecule has 3 aromatic carbocycles.